The van der Waals surface area contributed by atoms with Gasteiger partial charge in [-0.05, 0) is 62.4 Å². The summed E-state index contributed by atoms with van der Waals surface area (Å²) in [6, 6.07) is 14.6. The molecule has 0 aliphatic carbocycles. The van der Waals surface area contributed by atoms with Crippen molar-refractivity contribution in [2.24, 2.45) is 0 Å². The average Bonchev–Trinajstić information content (AvgIpc) is 2.68. The molecule has 0 saturated carbocycles. The van der Waals surface area contributed by atoms with E-state index in [1.165, 1.54) is 29.1 Å². The molecule has 0 amide bonds. The first kappa shape index (κ1) is 19.5. The van der Waals surface area contributed by atoms with Crippen LogP contribution in [0.1, 0.15) is 32.3 Å². The molecule has 1 heterocycles. The minimum atomic E-state index is 0.0263. The number of hydrogen-bond acceptors (Lipinski definition) is 5. The summed E-state index contributed by atoms with van der Waals surface area (Å²) in [5, 5.41) is 4.44. The average molecular weight is 382 g/mol. The van der Waals surface area contributed by atoms with Crippen LogP contribution in [0.3, 0.4) is 0 Å². The number of rotatable bonds is 9. The van der Waals surface area contributed by atoms with Gasteiger partial charge in [0.2, 0.25) is 0 Å². The van der Waals surface area contributed by atoms with E-state index in [9.17, 15) is 0 Å². The van der Waals surface area contributed by atoms with Crippen molar-refractivity contribution in [3.05, 3.63) is 54.4 Å². The third-order valence-corrected chi connectivity index (χ3v) is 5.37. The molecule has 0 aliphatic rings. The molecule has 1 unspecified atom stereocenters. The van der Waals surface area contributed by atoms with Gasteiger partial charge in [0.25, 0.3) is 0 Å². The van der Waals surface area contributed by atoms with E-state index in [1.807, 2.05) is 30.0 Å². The zero-order chi connectivity index (χ0) is 19.1. The molecule has 1 atom stereocenters. The maximum Gasteiger partial charge on any atom is 0.137 e. The first-order valence-electron chi connectivity index (χ1n) is 9.50. The van der Waals surface area contributed by atoms with E-state index in [0.717, 1.165) is 22.5 Å². The molecule has 4 nitrogen and oxygen atoms in total. The van der Waals surface area contributed by atoms with E-state index in [0.29, 0.717) is 6.54 Å². The van der Waals surface area contributed by atoms with Gasteiger partial charge in [0.15, 0.2) is 0 Å². The molecule has 3 aromatic rings. The summed E-state index contributed by atoms with van der Waals surface area (Å²) < 4.78 is 6.04. The van der Waals surface area contributed by atoms with Gasteiger partial charge < -0.3 is 10.1 Å². The lowest BCUT2D eigenvalue weighted by Gasteiger charge is -2.17. The molecule has 142 valence electrons. The molecule has 2 aromatic carbocycles. The van der Waals surface area contributed by atoms with Crippen LogP contribution in [-0.4, -0.2) is 28.4 Å². The molecule has 0 bridgehead atoms. The van der Waals surface area contributed by atoms with Crippen LogP contribution in [0.2, 0.25) is 0 Å². The zero-order valence-electron chi connectivity index (χ0n) is 16.2. The molecule has 0 aliphatic heterocycles. The van der Waals surface area contributed by atoms with Crippen LogP contribution in [0.15, 0.2) is 53.7 Å². The van der Waals surface area contributed by atoms with Gasteiger partial charge in [-0.1, -0.05) is 25.0 Å². The van der Waals surface area contributed by atoms with Gasteiger partial charge in [0.05, 0.1) is 12.1 Å². The highest BCUT2D eigenvalue weighted by Gasteiger charge is 2.08. The molecular weight excluding hydrogens is 354 g/mol. The number of hydrogen-bond donors (Lipinski definition) is 1. The van der Waals surface area contributed by atoms with Crippen molar-refractivity contribution in [2.75, 3.05) is 17.6 Å². The fourth-order valence-electron chi connectivity index (χ4n) is 2.77. The summed E-state index contributed by atoms with van der Waals surface area (Å²) in [6.07, 6.45) is 4.11. The van der Waals surface area contributed by atoms with Crippen molar-refractivity contribution < 1.29 is 4.74 Å². The first-order chi connectivity index (χ1) is 13.2. The fraction of sp³-hybridized carbons (Fsp3) is 0.364. The molecule has 0 spiro atoms. The lowest BCUT2D eigenvalue weighted by Crippen LogP contribution is -2.23. The maximum atomic E-state index is 6.04. The quantitative estimate of drug-likeness (QED) is 0.380. The van der Waals surface area contributed by atoms with Crippen molar-refractivity contribution in [1.29, 1.82) is 0 Å². The van der Waals surface area contributed by atoms with E-state index >= 15 is 0 Å². The standard InChI is InChI=1S/C22H27N3OS/c1-4-5-12-27-19-9-7-18(8-10-19)26-17(3)14-23-22-20-13-16(2)6-11-21(20)24-15-25-22/h6-11,13,15,17H,4-5,12,14H2,1-3H3,(H,23,24,25). The largest absolute Gasteiger partial charge is 0.489 e. The number of unbranched alkanes of at least 4 members (excludes halogenated alkanes) is 1. The molecule has 0 saturated heterocycles. The van der Waals surface area contributed by atoms with Crippen molar-refractivity contribution in [3.8, 4) is 5.75 Å². The molecule has 27 heavy (non-hydrogen) atoms. The smallest absolute Gasteiger partial charge is 0.137 e. The van der Waals surface area contributed by atoms with Crippen LogP contribution >= 0.6 is 11.8 Å². The summed E-state index contributed by atoms with van der Waals surface area (Å²) in [4.78, 5) is 10.0. The summed E-state index contributed by atoms with van der Waals surface area (Å²) in [6.45, 7) is 7.03. The second kappa shape index (κ2) is 9.60. The number of anilines is 1. The van der Waals surface area contributed by atoms with Crippen molar-refractivity contribution >= 4 is 28.5 Å². The van der Waals surface area contributed by atoms with Crippen molar-refractivity contribution in [2.45, 2.75) is 44.6 Å². The second-order valence-electron chi connectivity index (χ2n) is 6.73. The number of ether oxygens (including phenoxy) is 1. The van der Waals surface area contributed by atoms with Crippen LogP contribution in [-0.2, 0) is 0 Å². The number of benzene rings is 2. The van der Waals surface area contributed by atoms with Gasteiger partial charge in [-0.25, -0.2) is 9.97 Å². The maximum absolute atomic E-state index is 6.04. The van der Waals surface area contributed by atoms with Crippen LogP contribution < -0.4 is 10.1 Å². The Balaban J connectivity index is 1.55. The monoisotopic (exact) mass is 381 g/mol. The van der Waals surface area contributed by atoms with Crippen LogP contribution in [0.25, 0.3) is 10.9 Å². The minimum absolute atomic E-state index is 0.0263. The van der Waals surface area contributed by atoms with E-state index < -0.39 is 0 Å². The topological polar surface area (TPSA) is 47.0 Å². The minimum Gasteiger partial charge on any atom is -0.489 e. The third-order valence-electron chi connectivity index (χ3n) is 4.28. The zero-order valence-corrected chi connectivity index (χ0v) is 17.1. The Kier molecular flexibility index (Phi) is 6.93. The van der Waals surface area contributed by atoms with Gasteiger partial charge in [-0.15, -0.1) is 11.8 Å². The predicted molar refractivity (Wildman–Crippen MR) is 115 cm³/mol. The fourth-order valence-corrected chi connectivity index (χ4v) is 3.77. The highest BCUT2D eigenvalue weighted by atomic mass is 32.2. The number of fused-ring (bicyclic) bond motifs is 1. The Bertz CT molecular complexity index is 867. The number of thioether (sulfide) groups is 1. The summed E-state index contributed by atoms with van der Waals surface area (Å²) >= 11 is 1.90. The van der Waals surface area contributed by atoms with Gasteiger partial charge in [-0.3, -0.25) is 0 Å². The highest BCUT2D eigenvalue weighted by molar-refractivity contribution is 7.99. The summed E-state index contributed by atoms with van der Waals surface area (Å²) in [7, 11) is 0. The Morgan fingerprint density at radius 1 is 1.11 bits per heavy atom. The Hall–Kier alpha value is -2.27. The van der Waals surface area contributed by atoms with Crippen molar-refractivity contribution in [1.82, 2.24) is 9.97 Å². The number of aromatic nitrogens is 2. The van der Waals surface area contributed by atoms with E-state index in [-0.39, 0.29) is 6.10 Å². The Morgan fingerprint density at radius 3 is 2.70 bits per heavy atom. The van der Waals surface area contributed by atoms with Crippen LogP contribution in [0.5, 0.6) is 5.75 Å². The van der Waals surface area contributed by atoms with Gasteiger partial charge in [-0.2, -0.15) is 0 Å². The van der Waals surface area contributed by atoms with Gasteiger partial charge in [0, 0.05) is 10.3 Å². The Morgan fingerprint density at radius 2 is 1.93 bits per heavy atom. The number of nitrogens with one attached hydrogen (secondary N) is 1. The lowest BCUT2D eigenvalue weighted by atomic mass is 10.1. The Labute approximate surface area is 165 Å². The van der Waals surface area contributed by atoms with Gasteiger partial charge in [0.1, 0.15) is 24.0 Å². The molecule has 1 N–H and O–H groups in total. The highest BCUT2D eigenvalue weighted by Crippen LogP contribution is 2.23. The second-order valence-corrected chi connectivity index (χ2v) is 7.89. The van der Waals surface area contributed by atoms with Crippen LogP contribution in [0.4, 0.5) is 5.82 Å². The third kappa shape index (κ3) is 5.60. The van der Waals surface area contributed by atoms with Crippen LogP contribution in [0, 0.1) is 6.92 Å². The molecule has 0 radical (unpaired) electrons. The van der Waals surface area contributed by atoms with Crippen molar-refractivity contribution in [3.63, 3.8) is 0 Å². The molecule has 5 heteroatoms. The molecule has 1 aromatic heterocycles. The molecule has 0 fully saturated rings. The summed E-state index contributed by atoms with van der Waals surface area (Å²) in [5.41, 5.74) is 2.14. The summed E-state index contributed by atoms with van der Waals surface area (Å²) in [5.74, 6) is 2.91. The first-order valence-corrected chi connectivity index (χ1v) is 10.5. The van der Waals surface area contributed by atoms with Gasteiger partial charge >= 0.3 is 0 Å². The molecule has 3 rings (SSSR count). The lowest BCUT2D eigenvalue weighted by molar-refractivity contribution is 0.234. The number of nitrogens with zero attached hydrogens (tertiary/aromatic N) is 2. The predicted octanol–water partition coefficient (Wildman–Crippen LogP) is 5.71. The number of aryl methyl sites for hydroxylation is 1. The van der Waals surface area contributed by atoms with E-state index in [4.69, 9.17) is 4.74 Å². The van der Waals surface area contributed by atoms with E-state index in [1.54, 1.807) is 6.33 Å². The van der Waals surface area contributed by atoms with E-state index in [2.05, 4.69) is 60.3 Å². The SMILES string of the molecule is CCCCSc1ccc(OC(C)CNc2ncnc3ccc(C)cc23)cc1. The molecular formula is C22H27N3OS. The normalized spacial score (nSPS) is 12.1.